The number of carbonyl (C=O) groups is 1. The fourth-order valence-electron chi connectivity index (χ4n) is 4.09. The number of morpholine rings is 1. The van der Waals surface area contributed by atoms with E-state index in [1.165, 1.54) is 6.07 Å². The van der Waals surface area contributed by atoms with Gasteiger partial charge in [-0.1, -0.05) is 48.5 Å². The summed E-state index contributed by atoms with van der Waals surface area (Å²) in [4.78, 5) is 17.6. The third-order valence-corrected chi connectivity index (χ3v) is 5.49. The molecule has 0 radical (unpaired) electrons. The van der Waals surface area contributed by atoms with Crippen molar-refractivity contribution in [1.82, 2.24) is 9.80 Å². The quantitative estimate of drug-likeness (QED) is 0.827. The smallest absolute Gasteiger partial charge is 0.244 e. The monoisotopic (exact) mass is 368 g/mol. The summed E-state index contributed by atoms with van der Waals surface area (Å²) in [5.41, 5.74) is 1.55. The molecule has 2 fully saturated rings. The van der Waals surface area contributed by atoms with Gasteiger partial charge in [-0.25, -0.2) is 4.39 Å². The highest BCUT2D eigenvalue weighted by Crippen LogP contribution is 2.30. The number of amides is 1. The van der Waals surface area contributed by atoms with Gasteiger partial charge in [0.05, 0.1) is 13.2 Å². The number of nitrogens with zero attached hydrogens (tertiary/aromatic N) is 2. The number of rotatable bonds is 4. The molecule has 2 atom stereocenters. The van der Waals surface area contributed by atoms with Crippen molar-refractivity contribution in [2.45, 2.75) is 25.0 Å². The normalized spacial score (nSPS) is 22.0. The molecule has 0 aliphatic carbocycles. The number of benzene rings is 2. The van der Waals surface area contributed by atoms with Gasteiger partial charge in [-0.05, 0) is 37.6 Å². The highest BCUT2D eigenvalue weighted by molar-refractivity contribution is 5.83. The van der Waals surface area contributed by atoms with Crippen LogP contribution >= 0.6 is 0 Å². The first kappa shape index (κ1) is 18.1. The van der Waals surface area contributed by atoms with Crippen LogP contribution in [0.25, 0.3) is 0 Å². The maximum Gasteiger partial charge on any atom is 0.244 e. The maximum atomic E-state index is 14.2. The SMILES string of the molecule is O=C(C(c1ccccc1)N1CCCC1)N1CCOC(c2ccccc2F)C1. The summed E-state index contributed by atoms with van der Waals surface area (Å²) in [5, 5.41) is 0. The highest BCUT2D eigenvalue weighted by Gasteiger charge is 2.35. The number of carbonyl (C=O) groups excluding carboxylic acids is 1. The molecule has 0 aromatic heterocycles. The zero-order valence-corrected chi connectivity index (χ0v) is 15.4. The van der Waals surface area contributed by atoms with Crippen LogP contribution in [-0.2, 0) is 9.53 Å². The summed E-state index contributed by atoms with van der Waals surface area (Å²) in [5.74, 6) is -0.191. The molecular formula is C22H25FN2O2. The second-order valence-electron chi connectivity index (χ2n) is 7.22. The van der Waals surface area contributed by atoms with Crippen molar-refractivity contribution < 1.29 is 13.9 Å². The lowest BCUT2D eigenvalue weighted by molar-refractivity contribution is -0.144. The summed E-state index contributed by atoms with van der Waals surface area (Å²) >= 11 is 0. The molecule has 4 rings (SSSR count). The average molecular weight is 368 g/mol. The Morgan fingerprint density at radius 2 is 1.70 bits per heavy atom. The summed E-state index contributed by atoms with van der Waals surface area (Å²) in [6.07, 6.45) is 1.83. The van der Waals surface area contributed by atoms with Gasteiger partial charge >= 0.3 is 0 Å². The zero-order valence-electron chi connectivity index (χ0n) is 15.4. The first-order chi connectivity index (χ1) is 13.2. The van der Waals surface area contributed by atoms with Crippen molar-refractivity contribution >= 4 is 5.91 Å². The van der Waals surface area contributed by atoms with Crippen molar-refractivity contribution in [2.75, 3.05) is 32.8 Å². The minimum Gasteiger partial charge on any atom is -0.370 e. The van der Waals surface area contributed by atoms with Crippen LogP contribution in [0.5, 0.6) is 0 Å². The second-order valence-corrected chi connectivity index (χ2v) is 7.22. The molecule has 2 aromatic rings. The Balaban J connectivity index is 1.56. The van der Waals surface area contributed by atoms with E-state index in [0.29, 0.717) is 25.3 Å². The number of likely N-dealkylation sites (tertiary alicyclic amines) is 1. The Labute approximate surface area is 159 Å². The number of halogens is 1. The summed E-state index contributed by atoms with van der Waals surface area (Å²) < 4.78 is 20.0. The Kier molecular flexibility index (Phi) is 5.50. The summed E-state index contributed by atoms with van der Waals surface area (Å²) in [7, 11) is 0. The Morgan fingerprint density at radius 3 is 2.44 bits per heavy atom. The molecule has 0 saturated carbocycles. The van der Waals surface area contributed by atoms with Crippen LogP contribution in [-0.4, -0.2) is 48.5 Å². The predicted molar refractivity (Wildman–Crippen MR) is 102 cm³/mol. The number of hydrogen-bond donors (Lipinski definition) is 0. The number of hydrogen-bond acceptors (Lipinski definition) is 3. The Hall–Kier alpha value is -2.24. The van der Waals surface area contributed by atoms with Crippen LogP contribution in [0.3, 0.4) is 0 Å². The molecule has 27 heavy (non-hydrogen) atoms. The minimum absolute atomic E-state index is 0.0905. The topological polar surface area (TPSA) is 32.8 Å². The molecule has 2 heterocycles. The Bertz CT molecular complexity index is 777. The third-order valence-electron chi connectivity index (χ3n) is 5.49. The van der Waals surface area contributed by atoms with Gasteiger partial charge in [0.15, 0.2) is 0 Å². The van der Waals surface area contributed by atoms with Crippen molar-refractivity contribution in [3.05, 3.63) is 71.5 Å². The summed E-state index contributed by atoms with van der Waals surface area (Å²) in [6.45, 7) is 3.23. The van der Waals surface area contributed by atoms with Gasteiger partial charge in [0, 0.05) is 12.1 Å². The van der Waals surface area contributed by atoms with Crippen molar-refractivity contribution in [1.29, 1.82) is 0 Å². The predicted octanol–water partition coefficient (Wildman–Crippen LogP) is 3.56. The maximum absolute atomic E-state index is 14.2. The molecule has 5 heteroatoms. The van der Waals surface area contributed by atoms with Gasteiger partial charge in [0.1, 0.15) is 18.0 Å². The third kappa shape index (κ3) is 3.89. The van der Waals surface area contributed by atoms with E-state index in [-0.39, 0.29) is 17.8 Å². The first-order valence-electron chi connectivity index (χ1n) is 9.68. The van der Waals surface area contributed by atoms with Crippen LogP contribution in [0, 0.1) is 5.82 Å². The van der Waals surface area contributed by atoms with Gasteiger partial charge in [0.2, 0.25) is 5.91 Å². The van der Waals surface area contributed by atoms with Crippen LogP contribution in [0.1, 0.15) is 36.1 Å². The van der Waals surface area contributed by atoms with Gasteiger partial charge in [-0.2, -0.15) is 0 Å². The molecule has 0 spiro atoms. The minimum atomic E-state index is -0.418. The average Bonchev–Trinajstić information content (AvgIpc) is 3.24. The largest absolute Gasteiger partial charge is 0.370 e. The summed E-state index contributed by atoms with van der Waals surface area (Å²) in [6, 6.07) is 16.4. The fourth-order valence-corrected chi connectivity index (χ4v) is 4.09. The molecule has 4 nitrogen and oxygen atoms in total. The lowest BCUT2D eigenvalue weighted by Crippen LogP contribution is -2.48. The number of ether oxygens (including phenoxy) is 1. The van der Waals surface area contributed by atoms with Crippen molar-refractivity contribution in [3.63, 3.8) is 0 Å². The molecular weight excluding hydrogens is 343 g/mol. The van der Waals surface area contributed by atoms with Crippen LogP contribution in [0.4, 0.5) is 4.39 Å². The van der Waals surface area contributed by atoms with Crippen LogP contribution in [0.2, 0.25) is 0 Å². The molecule has 1 amide bonds. The molecule has 2 unspecified atom stereocenters. The van der Waals surface area contributed by atoms with Gasteiger partial charge in [-0.3, -0.25) is 9.69 Å². The van der Waals surface area contributed by atoms with E-state index in [9.17, 15) is 9.18 Å². The molecule has 142 valence electrons. The van der Waals surface area contributed by atoms with Gasteiger partial charge in [0.25, 0.3) is 0 Å². The molecule has 2 aliphatic rings. The standard InChI is InChI=1S/C22H25FN2O2/c23-19-11-5-4-10-18(19)20-16-25(14-15-27-20)22(26)21(24-12-6-7-13-24)17-8-2-1-3-9-17/h1-5,8-11,20-21H,6-7,12-16H2. The Morgan fingerprint density at radius 1 is 1.00 bits per heavy atom. The zero-order chi connectivity index (χ0) is 18.6. The van der Waals surface area contributed by atoms with E-state index < -0.39 is 6.10 Å². The van der Waals surface area contributed by atoms with E-state index in [0.717, 1.165) is 31.5 Å². The molecule has 0 N–H and O–H groups in total. The fraction of sp³-hybridized carbons (Fsp3) is 0.409. The van der Waals surface area contributed by atoms with E-state index >= 15 is 0 Å². The van der Waals surface area contributed by atoms with Gasteiger partial charge < -0.3 is 9.64 Å². The van der Waals surface area contributed by atoms with Crippen molar-refractivity contribution in [2.24, 2.45) is 0 Å². The molecule has 2 aromatic carbocycles. The van der Waals surface area contributed by atoms with E-state index in [1.54, 1.807) is 18.2 Å². The lowest BCUT2D eigenvalue weighted by Gasteiger charge is -2.37. The second kappa shape index (κ2) is 8.19. The molecule has 2 saturated heterocycles. The van der Waals surface area contributed by atoms with Crippen molar-refractivity contribution in [3.8, 4) is 0 Å². The first-order valence-corrected chi connectivity index (χ1v) is 9.68. The lowest BCUT2D eigenvalue weighted by atomic mass is 10.0. The molecule has 0 bridgehead atoms. The van der Waals surface area contributed by atoms with E-state index in [1.807, 2.05) is 35.2 Å². The van der Waals surface area contributed by atoms with Gasteiger partial charge in [-0.15, -0.1) is 0 Å². The van der Waals surface area contributed by atoms with E-state index in [2.05, 4.69) is 4.90 Å². The highest BCUT2D eigenvalue weighted by atomic mass is 19.1. The van der Waals surface area contributed by atoms with Crippen LogP contribution in [0.15, 0.2) is 54.6 Å². The van der Waals surface area contributed by atoms with E-state index in [4.69, 9.17) is 4.74 Å². The van der Waals surface area contributed by atoms with Crippen LogP contribution < -0.4 is 0 Å². The molecule has 2 aliphatic heterocycles.